The van der Waals surface area contributed by atoms with Crippen molar-refractivity contribution >= 4 is 33.9 Å². The summed E-state index contributed by atoms with van der Waals surface area (Å²) >= 11 is 5.86. The predicted octanol–water partition coefficient (Wildman–Crippen LogP) is 3.97. The van der Waals surface area contributed by atoms with Crippen molar-refractivity contribution in [2.24, 2.45) is 7.05 Å². The van der Waals surface area contributed by atoms with Crippen molar-refractivity contribution in [2.75, 3.05) is 5.32 Å². The summed E-state index contributed by atoms with van der Waals surface area (Å²) in [7, 11) is 1.94. The number of anilines is 2. The second-order valence-corrected chi connectivity index (χ2v) is 4.61. The molecule has 1 N–H and O–H groups in total. The monoisotopic (exact) mass is 257 g/mol. The van der Waals surface area contributed by atoms with Crippen molar-refractivity contribution in [3.63, 3.8) is 0 Å². The molecule has 0 saturated carbocycles. The number of halogens is 1. The van der Waals surface area contributed by atoms with Gasteiger partial charge in [-0.15, -0.1) is 0 Å². The minimum absolute atomic E-state index is 0.739. The third-order valence-electron chi connectivity index (χ3n) is 2.88. The highest BCUT2D eigenvalue weighted by Gasteiger charge is 2.01. The average molecular weight is 258 g/mol. The summed E-state index contributed by atoms with van der Waals surface area (Å²) in [6, 6.07) is 13.8. The summed E-state index contributed by atoms with van der Waals surface area (Å²) < 4.78 is 1.86. The molecule has 0 aliphatic carbocycles. The fraction of sp³-hybridized carbons (Fsp3) is 0.0714. The smallest absolute Gasteiger partial charge is 0.0699 e. The van der Waals surface area contributed by atoms with Gasteiger partial charge in [0.25, 0.3) is 0 Å². The molecule has 0 unspecified atom stereocenters. The van der Waals surface area contributed by atoms with E-state index < -0.39 is 0 Å². The minimum atomic E-state index is 0.739. The second kappa shape index (κ2) is 4.35. The van der Waals surface area contributed by atoms with Crippen LogP contribution >= 0.6 is 11.6 Å². The van der Waals surface area contributed by atoms with Crippen LogP contribution < -0.4 is 5.32 Å². The van der Waals surface area contributed by atoms with Crippen molar-refractivity contribution in [3.05, 3.63) is 53.7 Å². The number of aromatic nitrogens is 2. The number of hydrogen-bond acceptors (Lipinski definition) is 2. The normalized spacial score (nSPS) is 10.8. The molecule has 0 saturated heterocycles. The molecule has 0 aliphatic heterocycles. The van der Waals surface area contributed by atoms with Gasteiger partial charge < -0.3 is 5.32 Å². The van der Waals surface area contributed by atoms with E-state index in [9.17, 15) is 0 Å². The number of fused-ring (bicyclic) bond motifs is 1. The van der Waals surface area contributed by atoms with Crippen molar-refractivity contribution in [1.29, 1.82) is 0 Å². The lowest BCUT2D eigenvalue weighted by Gasteiger charge is -2.07. The van der Waals surface area contributed by atoms with E-state index in [0.29, 0.717) is 0 Å². The molecule has 18 heavy (non-hydrogen) atoms. The van der Waals surface area contributed by atoms with Crippen LogP contribution in [0.4, 0.5) is 11.4 Å². The highest BCUT2D eigenvalue weighted by molar-refractivity contribution is 6.30. The molecule has 2 aromatic carbocycles. The maximum atomic E-state index is 5.86. The summed E-state index contributed by atoms with van der Waals surface area (Å²) in [5.74, 6) is 0. The lowest BCUT2D eigenvalue weighted by molar-refractivity contribution is 0.797. The highest BCUT2D eigenvalue weighted by Crippen LogP contribution is 2.22. The van der Waals surface area contributed by atoms with E-state index in [0.717, 1.165) is 27.3 Å². The van der Waals surface area contributed by atoms with Gasteiger partial charge in [0.15, 0.2) is 0 Å². The summed E-state index contributed by atoms with van der Waals surface area (Å²) in [4.78, 5) is 0. The SMILES string of the molecule is Cn1ncc2ccc(Nc3ccc(Cl)cc3)cc21. The standard InChI is InChI=1S/C14H12ClN3/c1-18-14-8-13(5-2-10(14)9-16-18)17-12-6-3-11(15)4-7-12/h2-9,17H,1H3. The lowest BCUT2D eigenvalue weighted by atomic mass is 10.2. The van der Waals surface area contributed by atoms with Crippen LogP contribution in [0, 0.1) is 0 Å². The largest absolute Gasteiger partial charge is 0.355 e. The van der Waals surface area contributed by atoms with Crippen molar-refractivity contribution in [2.45, 2.75) is 0 Å². The van der Waals surface area contributed by atoms with Gasteiger partial charge in [-0.05, 0) is 42.5 Å². The van der Waals surface area contributed by atoms with Crippen LogP contribution in [0.15, 0.2) is 48.7 Å². The van der Waals surface area contributed by atoms with Crippen LogP contribution in [0.1, 0.15) is 0 Å². The molecular formula is C14H12ClN3. The molecule has 0 bridgehead atoms. The predicted molar refractivity (Wildman–Crippen MR) is 75.4 cm³/mol. The van der Waals surface area contributed by atoms with Gasteiger partial charge >= 0.3 is 0 Å². The molecule has 1 heterocycles. The van der Waals surface area contributed by atoms with E-state index in [1.165, 1.54) is 0 Å². The Bertz CT molecular complexity index is 686. The Labute approximate surface area is 110 Å². The van der Waals surface area contributed by atoms with Gasteiger partial charge in [-0.3, -0.25) is 4.68 Å². The van der Waals surface area contributed by atoms with Crippen LogP contribution in [0.2, 0.25) is 5.02 Å². The van der Waals surface area contributed by atoms with Crippen LogP contribution in [0.3, 0.4) is 0 Å². The number of aryl methyl sites for hydroxylation is 1. The van der Waals surface area contributed by atoms with E-state index in [1.807, 2.05) is 48.3 Å². The Hall–Kier alpha value is -2.00. The number of nitrogens with zero attached hydrogens (tertiary/aromatic N) is 2. The third-order valence-corrected chi connectivity index (χ3v) is 3.13. The summed E-state index contributed by atoms with van der Waals surface area (Å²) in [5, 5.41) is 9.44. The van der Waals surface area contributed by atoms with E-state index in [4.69, 9.17) is 11.6 Å². The van der Waals surface area contributed by atoms with Crippen molar-refractivity contribution < 1.29 is 0 Å². The summed E-state index contributed by atoms with van der Waals surface area (Å²) in [6.45, 7) is 0. The zero-order valence-electron chi connectivity index (χ0n) is 9.89. The van der Waals surface area contributed by atoms with Crippen molar-refractivity contribution in [3.8, 4) is 0 Å². The quantitative estimate of drug-likeness (QED) is 0.753. The molecule has 90 valence electrons. The van der Waals surface area contributed by atoms with E-state index in [-0.39, 0.29) is 0 Å². The van der Waals surface area contributed by atoms with Crippen molar-refractivity contribution in [1.82, 2.24) is 9.78 Å². The fourth-order valence-electron chi connectivity index (χ4n) is 1.92. The van der Waals surface area contributed by atoms with Gasteiger partial charge in [-0.1, -0.05) is 11.6 Å². The first-order valence-electron chi connectivity index (χ1n) is 5.67. The Balaban J connectivity index is 1.94. The number of rotatable bonds is 2. The Kier molecular flexibility index (Phi) is 2.68. The van der Waals surface area contributed by atoms with Crippen LogP contribution in [0.25, 0.3) is 10.9 Å². The first-order chi connectivity index (χ1) is 8.72. The Morgan fingerprint density at radius 3 is 2.56 bits per heavy atom. The zero-order chi connectivity index (χ0) is 12.5. The second-order valence-electron chi connectivity index (χ2n) is 4.17. The molecule has 0 aliphatic rings. The summed E-state index contributed by atoms with van der Waals surface area (Å²) in [5.41, 5.74) is 3.16. The van der Waals surface area contributed by atoms with Gasteiger partial charge in [-0.2, -0.15) is 5.10 Å². The molecule has 0 atom stereocenters. The number of hydrogen-bond donors (Lipinski definition) is 1. The first kappa shape index (κ1) is 11.1. The summed E-state index contributed by atoms with van der Waals surface area (Å²) in [6.07, 6.45) is 1.86. The van der Waals surface area contributed by atoms with Gasteiger partial charge in [0.1, 0.15) is 0 Å². The Morgan fingerprint density at radius 1 is 1.06 bits per heavy atom. The van der Waals surface area contributed by atoms with Crippen LogP contribution in [-0.2, 0) is 7.05 Å². The zero-order valence-corrected chi connectivity index (χ0v) is 10.6. The van der Waals surface area contributed by atoms with E-state index in [2.05, 4.69) is 22.5 Å². The molecule has 1 aromatic heterocycles. The Morgan fingerprint density at radius 2 is 1.78 bits per heavy atom. The molecule has 4 heteroatoms. The van der Waals surface area contributed by atoms with E-state index in [1.54, 1.807) is 0 Å². The molecule has 0 fully saturated rings. The average Bonchev–Trinajstić information content (AvgIpc) is 2.74. The van der Waals surface area contributed by atoms with Crippen LogP contribution in [-0.4, -0.2) is 9.78 Å². The van der Waals surface area contributed by atoms with Gasteiger partial charge in [0, 0.05) is 28.8 Å². The first-order valence-corrected chi connectivity index (χ1v) is 6.04. The lowest BCUT2D eigenvalue weighted by Crippen LogP contribution is -1.92. The molecule has 3 aromatic rings. The molecule has 0 radical (unpaired) electrons. The number of nitrogens with one attached hydrogen (secondary N) is 1. The fourth-order valence-corrected chi connectivity index (χ4v) is 2.05. The van der Waals surface area contributed by atoms with Crippen LogP contribution in [0.5, 0.6) is 0 Å². The molecule has 3 nitrogen and oxygen atoms in total. The molecule has 0 spiro atoms. The molecular weight excluding hydrogens is 246 g/mol. The van der Waals surface area contributed by atoms with Gasteiger partial charge in [0.2, 0.25) is 0 Å². The maximum Gasteiger partial charge on any atom is 0.0699 e. The number of benzene rings is 2. The van der Waals surface area contributed by atoms with Gasteiger partial charge in [0.05, 0.1) is 11.7 Å². The van der Waals surface area contributed by atoms with Gasteiger partial charge in [-0.25, -0.2) is 0 Å². The molecule has 3 rings (SSSR count). The third kappa shape index (κ3) is 2.05. The highest BCUT2D eigenvalue weighted by atomic mass is 35.5. The minimum Gasteiger partial charge on any atom is -0.355 e. The topological polar surface area (TPSA) is 29.9 Å². The molecule has 0 amide bonds. The maximum absolute atomic E-state index is 5.86. The van der Waals surface area contributed by atoms with E-state index >= 15 is 0 Å².